The maximum absolute atomic E-state index is 13.9. The van der Waals surface area contributed by atoms with Crippen LogP contribution in [0.2, 0.25) is 5.02 Å². The number of nitrogens with zero attached hydrogens (tertiary/aromatic N) is 4. The average Bonchev–Trinajstić information content (AvgIpc) is 4.25. The van der Waals surface area contributed by atoms with Crippen LogP contribution in [0.3, 0.4) is 0 Å². The van der Waals surface area contributed by atoms with E-state index in [0.29, 0.717) is 55.5 Å². The minimum Gasteiger partial charge on any atom is -0.497 e. The number of oxime groups is 1. The summed E-state index contributed by atoms with van der Waals surface area (Å²) in [7, 11) is 3.19. The molecule has 5 aromatic rings. The molecule has 0 unspecified atom stereocenters. The van der Waals surface area contributed by atoms with Gasteiger partial charge in [0.15, 0.2) is 22.3 Å². The lowest BCUT2D eigenvalue weighted by Crippen LogP contribution is -2.72. The van der Waals surface area contributed by atoms with Crippen molar-refractivity contribution in [2.75, 3.05) is 52.3 Å². The van der Waals surface area contributed by atoms with Gasteiger partial charge in [0.05, 0.1) is 36.5 Å². The first-order valence-electron chi connectivity index (χ1n) is 25.5. The molecule has 5 amide bonds. The fraction of sp³-hybridized carbons (Fsp3) is 0.436. The van der Waals surface area contributed by atoms with Crippen LogP contribution in [-0.2, 0) is 41.9 Å². The first-order valence-corrected chi connectivity index (χ1v) is 26.8. The summed E-state index contributed by atoms with van der Waals surface area (Å²) < 4.78 is 39.1. The number of hydrogen-bond acceptors (Lipinski definition) is 19. The molecule has 428 valence electrons. The summed E-state index contributed by atoms with van der Waals surface area (Å²) in [5, 5.41) is 23.2. The van der Waals surface area contributed by atoms with Gasteiger partial charge in [0.2, 0.25) is 17.3 Å². The first kappa shape index (κ1) is 59.7. The molecule has 0 bridgehead atoms. The average molecular weight is 1140 g/mol. The van der Waals surface area contributed by atoms with E-state index in [1.807, 2.05) is 48.5 Å². The Kier molecular flexibility index (Phi) is 19.3. The van der Waals surface area contributed by atoms with Crippen LogP contribution in [0.5, 0.6) is 23.0 Å². The fourth-order valence-corrected chi connectivity index (χ4v) is 8.90. The summed E-state index contributed by atoms with van der Waals surface area (Å²) in [4.78, 5) is 91.1. The largest absolute Gasteiger partial charge is 0.497 e. The number of carbonyl (C=O) groups is 6. The number of hydrogen-bond donors (Lipinski definition) is 5. The Balaban J connectivity index is 0.912. The number of rotatable bonds is 23. The van der Waals surface area contributed by atoms with Gasteiger partial charge in [-0.2, -0.15) is 0 Å². The van der Waals surface area contributed by atoms with Crippen LogP contribution in [-0.4, -0.2) is 132 Å². The van der Waals surface area contributed by atoms with Gasteiger partial charge in [-0.1, -0.05) is 46.2 Å². The van der Waals surface area contributed by atoms with Crippen LogP contribution in [0.25, 0.3) is 0 Å². The van der Waals surface area contributed by atoms with Gasteiger partial charge >= 0.3 is 12.1 Å². The number of β-lactam (4-membered cyclic amide) rings is 1. The highest BCUT2D eigenvalue weighted by Crippen LogP contribution is 2.39. The zero-order chi connectivity index (χ0) is 57.9. The van der Waals surface area contributed by atoms with E-state index < -0.39 is 70.3 Å². The topological polar surface area (TPSA) is 282 Å². The number of benzene rings is 3. The van der Waals surface area contributed by atoms with Crippen LogP contribution in [0, 0.1) is 0 Å². The molecule has 3 aromatic carbocycles. The standard InChI is InChI=1S/C55H66ClN9O14S/c1-53(2,3)76-50(70)55(7,8)79-64-44(39-30-80-51(60-39)62-52(71)77-54(4,5)6)49(69)61-43-38(59-48(43)68)26-58-47(67)41-25-37(63-78-41)33-21-23-65(27-33)24-22-57-46(66)36-19-20-40(74-28-31-11-15-34(72-9)16-12-31)45(42(36)56)75-29-32-13-17-35(73-10)18-14-32/h11-20,25,30,33,38,43H,21-24,26-29H2,1-10H3,(H,57,66)(H,58,67)(H,59,68)(H,61,69)(H,60,62,71)/b64-44-/t33-,38-,43+/m1/s1. The van der Waals surface area contributed by atoms with E-state index in [1.165, 1.54) is 19.2 Å². The molecule has 4 heterocycles. The van der Waals surface area contributed by atoms with Crippen LogP contribution in [0.4, 0.5) is 9.93 Å². The molecule has 2 aliphatic rings. The van der Waals surface area contributed by atoms with E-state index in [9.17, 15) is 28.8 Å². The van der Waals surface area contributed by atoms with Crippen molar-refractivity contribution in [1.29, 1.82) is 0 Å². The molecule has 0 radical (unpaired) electrons. The third-order valence-electron chi connectivity index (χ3n) is 12.2. The number of aromatic nitrogens is 2. The molecular formula is C55H66ClN9O14S. The molecular weight excluding hydrogens is 1080 g/mol. The highest BCUT2D eigenvalue weighted by atomic mass is 35.5. The normalized spacial score (nSPS) is 16.6. The molecule has 0 aliphatic carbocycles. The predicted octanol–water partition coefficient (Wildman–Crippen LogP) is 6.78. The number of amides is 5. The van der Waals surface area contributed by atoms with E-state index in [4.69, 9.17) is 49.4 Å². The molecule has 80 heavy (non-hydrogen) atoms. The number of carbonyl (C=O) groups excluding carboxylic acids is 6. The summed E-state index contributed by atoms with van der Waals surface area (Å²) in [6, 6.07) is 17.8. The predicted molar refractivity (Wildman–Crippen MR) is 294 cm³/mol. The highest BCUT2D eigenvalue weighted by molar-refractivity contribution is 7.14. The summed E-state index contributed by atoms with van der Waals surface area (Å²) >= 11 is 7.87. The molecule has 23 nitrogen and oxygen atoms in total. The number of halogens is 1. The molecule has 2 aliphatic heterocycles. The number of methoxy groups -OCH3 is 2. The van der Waals surface area contributed by atoms with Gasteiger partial charge in [-0.05, 0) is 116 Å². The maximum Gasteiger partial charge on any atom is 0.413 e. The van der Waals surface area contributed by atoms with E-state index in [2.05, 4.69) is 46.8 Å². The number of likely N-dealkylation sites (tertiary alicyclic amines) is 1. The zero-order valence-corrected chi connectivity index (χ0v) is 47.7. The Morgan fingerprint density at radius 1 is 0.850 bits per heavy atom. The van der Waals surface area contributed by atoms with Crippen molar-refractivity contribution in [2.24, 2.45) is 5.16 Å². The molecule has 2 saturated heterocycles. The van der Waals surface area contributed by atoms with Crippen LogP contribution >= 0.6 is 22.9 Å². The van der Waals surface area contributed by atoms with E-state index in [1.54, 1.807) is 74.0 Å². The van der Waals surface area contributed by atoms with Gasteiger partial charge in [-0.25, -0.2) is 14.6 Å². The summed E-state index contributed by atoms with van der Waals surface area (Å²) in [5.74, 6) is -1.34. The second-order valence-corrected chi connectivity index (χ2v) is 22.4. The van der Waals surface area contributed by atoms with Gasteiger partial charge < -0.3 is 63.9 Å². The van der Waals surface area contributed by atoms with E-state index >= 15 is 0 Å². The second kappa shape index (κ2) is 25.9. The molecule has 2 fully saturated rings. The van der Waals surface area contributed by atoms with Crippen molar-refractivity contribution < 1.29 is 66.5 Å². The van der Waals surface area contributed by atoms with Crippen molar-refractivity contribution in [3.63, 3.8) is 0 Å². The lowest BCUT2D eigenvalue weighted by molar-refractivity contribution is -0.179. The Bertz CT molecular complexity index is 3060. The minimum atomic E-state index is -1.67. The number of esters is 1. The summed E-state index contributed by atoms with van der Waals surface area (Å²) in [5.41, 5.74) is -1.29. The van der Waals surface area contributed by atoms with Crippen molar-refractivity contribution in [3.05, 3.63) is 111 Å². The Hall–Kier alpha value is -7.96. The van der Waals surface area contributed by atoms with Gasteiger partial charge in [-0.15, -0.1) is 11.3 Å². The van der Waals surface area contributed by atoms with Gasteiger partial charge in [0.25, 0.3) is 17.7 Å². The Labute approximate surface area is 471 Å². The fourth-order valence-electron chi connectivity index (χ4n) is 7.92. The minimum absolute atomic E-state index is 0.0552. The molecule has 3 atom stereocenters. The summed E-state index contributed by atoms with van der Waals surface area (Å²) in [6.45, 7) is 15.3. The molecule has 2 aromatic heterocycles. The lowest BCUT2D eigenvalue weighted by atomic mass is 9.98. The Morgan fingerprint density at radius 2 is 1.50 bits per heavy atom. The van der Waals surface area contributed by atoms with Crippen molar-refractivity contribution in [3.8, 4) is 23.0 Å². The van der Waals surface area contributed by atoms with Gasteiger partial charge in [-0.3, -0.25) is 24.5 Å². The second-order valence-electron chi connectivity index (χ2n) is 21.2. The van der Waals surface area contributed by atoms with Crippen LogP contribution in [0.15, 0.2) is 81.8 Å². The molecule has 7 rings (SSSR count). The third-order valence-corrected chi connectivity index (χ3v) is 13.3. The van der Waals surface area contributed by atoms with Gasteiger partial charge in [0.1, 0.15) is 47.7 Å². The SMILES string of the molecule is COc1ccc(COc2ccc(C(=O)NCCN3CC[C@@H](c4cc(C(=O)NC[C@H]5NC(=O)[C@H]5NC(=O)/C(=N\OC(C)(C)C(=O)OC(C)(C)C)c5csc(NC(=O)OC(C)(C)C)n5)on4)C3)c(Cl)c2OCc2ccc(OC)cc2)cc1. The molecule has 25 heteroatoms. The quantitative estimate of drug-likeness (QED) is 0.0195. The number of ether oxygens (including phenoxy) is 6. The zero-order valence-electron chi connectivity index (χ0n) is 46.1. The summed E-state index contributed by atoms with van der Waals surface area (Å²) in [6.07, 6.45) is -0.0714. The highest BCUT2D eigenvalue weighted by Gasteiger charge is 2.42. The van der Waals surface area contributed by atoms with Crippen LogP contribution < -0.4 is 45.5 Å². The van der Waals surface area contributed by atoms with Crippen molar-refractivity contribution in [2.45, 2.75) is 110 Å². The molecule has 0 spiro atoms. The van der Waals surface area contributed by atoms with E-state index in [0.717, 1.165) is 22.5 Å². The Morgan fingerprint density at radius 3 is 2.12 bits per heavy atom. The molecule has 0 saturated carbocycles. The van der Waals surface area contributed by atoms with Gasteiger partial charge in [0, 0.05) is 43.5 Å². The third kappa shape index (κ3) is 16.3. The number of nitrogens with one attached hydrogen (secondary N) is 5. The monoisotopic (exact) mass is 1140 g/mol. The van der Waals surface area contributed by atoms with E-state index in [-0.39, 0.29) is 58.6 Å². The number of thiazole rings is 1. The lowest BCUT2D eigenvalue weighted by Gasteiger charge is -2.37. The molecule has 5 N–H and O–H groups in total. The smallest absolute Gasteiger partial charge is 0.413 e. The van der Waals surface area contributed by atoms with Crippen molar-refractivity contribution >= 4 is 69.5 Å². The number of anilines is 1. The van der Waals surface area contributed by atoms with Crippen LogP contribution in [0.1, 0.15) is 111 Å². The van der Waals surface area contributed by atoms with Crippen molar-refractivity contribution in [1.82, 2.24) is 36.3 Å². The first-order chi connectivity index (χ1) is 37.9. The maximum atomic E-state index is 13.9.